The number of hydrogen-bond acceptors (Lipinski definition) is 6. The summed E-state index contributed by atoms with van der Waals surface area (Å²) in [5, 5.41) is 3.16. The molecule has 5 rings (SSSR count). The van der Waals surface area contributed by atoms with Crippen molar-refractivity contribution >= 4 is 35.1 Å². The van der Waals surface area contributed by atoms with Crippen LogP contribution < -0.4 is 5.32 Å². The summed E-state index contributed by atoms with van der Waals surface area (Å²) >= 11 is 6.17. The number of amides is 2. The molecule has 3 heterocycles. The molecule has 8 nitrogen and oxygen atoms in total. The van der Waals surface area contributed by atoms with Crippen molar-refractivity contribution in [3.05, 3.63) is 118 Å². The van der Waals surface area contributed by atoms with Crippen LogP contribution in [-0.4, -0.2) is 43.5 Å². The zero-order valence-electron chi connectivity index (χ0n) is 20.6. The van der Waals surface area contributed by atoms with Gasteiger partial charge in [0, 0.05) is 59.8 Å². The van der Waals surface area contributed by atoms with Gasteiger partial charge < -0.3 is 4.90 Å². The van der Waals surface area contributed by atoms with Gasteiger partial charge in [-0.1, -0.05) is 29.8 Å². The molecule has 0 aliphatic carbocycles. The van der Waals surface area contributed by atoms with E-state index in [1.807, 2.05) is 19.1 Å². The third-order valence-electron chi connectivity index (χ3n) is 6.41. The number of nitrogens with one attached hydrogen (secondary N) is 1. The van der Waals surface area contributed by atoms with Crippen LogP contribution in [0.4, 0.5) is 5.95 Å². The Morgan fingerprint density at radius 3 is 2.61 bits per heavy atom. The lowest BCUT2D eigenvalue weighted by atomic mass is 9.98. The predicted molar refractivity (Wildman–Crippen MR) is 143 cm³/mol. The number of Topliss-reactive ketones (excluding diaryl/α,β-unsaturated/α-hetero) is 1. The number of anilines is 1. The Morgan fingerprint density at radius 1 is 1.05 bits per heavy atom. The summed E-state index contributed by atoms with van der Waals surface area (Å²) in [6, 6.07) is 16.7. The Morgan fingerprint density at radius 2 is 1.87 bits per heavy atom. The Bertz CT molecular complexity index is 1510. The first-order valence-electron chi connectivity index (χ1n) is 12.1. The number of fused-ring (bicyclic) bond motifs is 1. The van der Waals surface area contributed by atoms with Crippen molar-refractivity contribution in [1.82, 2.24) is 19.9 Å². The van der Waals surface area contributed by atoms with Crippen molar-refractivity contribution in [3.8, 4) is 0 Å². The molecule has 0 saturated heterocycles. The molecule has 1 aliphatic rings. The molecular weight excluding hydrogens is 502 g/mol. The van der Waals surface area contributed by atoms with Gasteiger partial charge in [0.15, 0.2) is 5.78 Å². The highest BCUT2D eigenvalue weighted by Crippen LogP contribution is 2.27. The molecule has 2 aromatic heterocycles. The smallest absolute Gasteiger partial charge is 0.258 e. The van der Waals surface area contributed by atoms with Crippen molar-refractivity contribution in [2.45, 2.75) is 32.4 Å². The monoisotopic (exact) mass is 525 g/mol. The van der Waals surface area contributed by atoms with Crippen molar-refractivity contribution < 1.29 is 14.4 Å². The number of aromatic nitrogens is 3. The summed E-state index contributed by atoms with van der Waals surface area (Å²) in [6.45, 7) is 2.01. The first-order chi connectivity index (χ1) is 18.4. The van der Waals surface area contributed by atoms with E-state index >= 15 is 0 Å². The number of pyridine rings is 1. The summed E-state index contributed by atoms with van der Waals surface area (Å²) < 4.78 is 0. The van der Waals surface area contributed by atoms with E-state index in [1.54, 1.807) is 72.0 Å². The maximum absolute atomic E-state index is 13.7. The van der Waals surface area contributed by atoms with Gasteiger partial charge in [0.1, 0.15) is 0 Å². The topological polar surface area (TPSA) is 105 Å². The second kappa shape index (κ2) is 10.9. The van der Waals surface area contributed by atoms with Crippen LogP contribution >= 0.6 is 11.6 Å². The fraction of sp³-hybridized carbons (Fsp3) is 0.172. The van der Waals surface area contributed by atoms with Crippen LogP contribution in [0.15, 0.2) is 79.3 Å². The van der Waals surface area contributed by atoms with Crippen LogP contribution in [0, 0.1) is 6.92 Å². The molecule has 190 valence electrons. The Labute approximate surface area is 224 Å². The van der Waals surface area contributed by atoms with Crippen molar-refractivity contribution in [1.29, 1.82) is 0 Å². The van der Waals surface area contributed by atoms with Gasteiger partial charge in [-0.3, -0.25) is 24.7 Å². The molecule has 1 aliphatic heterocycles. The minimum Gasteiger partial charge on any atom is -0.324 e. The second-order valence-corrected chi connectivity index (χ2v) is 9.57. The summed E-state index contributed by atoms with van der Waals surface area (Å²) in [5.41, 5.74) is 3.89. The minimum atomic E-state index is -0.681. The molecule has 38 heavy (non-hydrogen) atoms. The third kappa shape index (κ3) is 5.60. The average Bonchev–Trinajstić information content (AvgIpc) is 2.99. The molecular formula is C29H24ClN5O3. The number of hydrogen-bond donors (Lipinski definition) is 1. The number of ketones is 1. The molecule has 0 radical (unpaired) electrons. The molecule has 4 aromatic rings. The highest BCUT2D eigenvalue weighted by molar-refractivity contribution is 6.30. The quantitative estimate of drug-likeness (QED) is 0.398. The number of carbonyl (C=O) groups is 3. The van der Waals surface area contributed by atoms with Gasteiger partial charge in [-0.05, 0) is 66.1 Å². The van der Waals surface area contributed by atoms with E-state index < -0.39 is 6.04 Å². The molecule has 0 saturated carbocycles. The van der Waals surface area contributed by atoms with E-state index in [2.05, 4.69) is 20.3 Å². The van der Waals surface area contributed by atoms with Crippen molar-refractivity contribution in [3.63, 3.8) is 0 Å². The summed E-state index contributed by atoms with van der Waals surface area (Å²) in [6.07, 6.45) is 5.41. The maximum atomic E-state index is 13.7. The van der Waals surface area contributed by atoms with Crippen LogP contribution in [0.5, 0.6) is 0 Å². The minimum absolute atomic E-state index is 0.0719. The molecule has 1 atom stereocenters. The number of aryl methyl sites for hydroxylation is 1. The zero-order valence-corrected chi connectivity index (χ0v) is 21.4. The number of rotatable bonds is 6. The normalized spacial score (nSPS) is 15.1. The highest BCUT2D eigenvalue weighted by Gasteiger charge is 2.35. The van der Waals surface area contributed by atoms with Crippen molar-refractivity contribution in [2.75, 3.05) is 5.32 Å². The van der Waals surface area contributed by atoms with E-state index in [1.165, 1.54) is 0 Å². The van der Waals surface area contributed by atoms with Gasteiger partial charge in [0.25, 0.3) is 11.8 Å². The van der Waals surface area contributed by atoms with Gasteiger partial charge in [0.05, 0.1) is 6.04 Å². The number of halogens is 1. The fourth-order valence-electron chi connectivity index (χ4n) is 4.48. The van der Waals surface area contributed by atoms with E-state index in [9.17, 15) is 14.4 Å². The Balaban J connectivity index is 1.41. The Kier molecular flexibility index (Phi) is 7.24. The van der Waals surface area contributed by atoms with Crippen molar-refractivity contribution in [2.24, 2.45) is 0 Å². The lowest BCUT2D eigenvalue weighted by Crippen LogP contribution is -2.44. The second-order valence-electron chi connectivity index (χ2n) is 9.13. The van der Waals surface area contributed by atoms with E-state index in [0.717, 1.165) is 16.8 Å². The molecule has 2 amide bonds. The molecule has 2 aromatic carbocycles. The largest absolute Gasteiger partial charge is 0.324 e. The molecule has 0 bridgehead atoms. The molecule has 1 N–H and O–H groups in total. The van der Waals surface area contributed by atoms with Gasteiger partial charge >= 0.3 is 0 Å². The number of nitrogens with zero attached hydrogens (tertiary/aromatic N) is 4. The van der Waals surface area contributed by atoms with E-state index in [4.69, 9.17) is 11.6 Å². The van der Waals surface area contributed by atoms with Gasteiger partial charge in [-0.15, -0.1) is 0 Å². The molecule has 0 spiro atoms. The molecule has 9 heteroatoms. The van der Waals surface area contributed by atoms with E-state index in [0.29, 0.717) is 28.1 Å². The molecule has 0 unspecified atom stereocenters. The van der Waals surface area contributed by atoms with Gasteiger partial charge in [-0.25, -0.2) is 9.97 Å². The predicted octanol–water partition coefficient (Wildman–Crippen LogP) is 4.46. The lowest BCUT2D eigenvalue weighted by molar-refractivity contribution is -0.122. The van der Waals surface area contributed by atoms with Gasteiger partial charge in [0.2, 0.25) is 5.95 Å². The standard InChI is InChI=1S/C29H24ClN5O3/c1-18-10-12-32-29(33-18)34-27(37)21-6-4-19(5-7-21)17-35-25(13-20-3-2-11-31-16-20)26(36)15-22-14-23(30)8-9-24(22)28(35)38/h2-12,14,16,25H,13,15,17H2,1H3,(H,32,33,34,37)/t25-/m1/s1. The van der Waals surface area contributed by atoms with Crippen LogP contribution in [-0.2, 0) is 24.2 Å². The Hall–Kier alpha value is -4.43. The van der Waals surface area contributed by atoms with Gasteiger partial charge in [-0.2, -0.15) is 0 Å². The summed E-state index contributed by atoms with van der Waals surface area (Å²) in [4.78, 5) is 53.9. The SMILES string of the molecule is Cc1ccnc(NC(=O)c2ccc(CN3C(=O)c4ccc(Cl)cc4CC(=O)[C@H]3Cc3cccnc3)cc2)n1. The van der Waals surface area contributed by atoms with Crippen LogP contribution in [0.1, 0.15) is 43.1 Å². The lowest BCUT2D eigenvalue weighted by Gasteiger charge is -2.29. The number of carbonyl (C=O) groups excluding carboxylic acids is 3. The highest BCUT2D eigenvalue weighted by atomic mass is 35.5. The third-order valence-corrected chi connectivity index (χ3v) is 6.65. The molecule has 0 fully saturated rings. The summed E-state index contributed by atoms with van der Waals surface area (Å²) in [5.74, 6) is -0.430. The zero-order chi connectivity index (χ0) is 26.6. The summed E-state index contributed by atoms with van der Waals surface area (Å²) in [7, 11) is 0. The van der Waals surface area contributed by atoms with Crippen LogP contribution in [0.3, 0.4) is 0 Å². The van der Waals surface area contributed by atoms with Crippen LogP contribution in [0.2, 0.25) is 5.02 Å². The average molecular weight is 526 g/mol. The van der Waals surface area contributed by atoms with E-state index in [-0.39, 0.29) is 36.5 Å². The number of benzene rings is 2. The maximum Gasteiger partial charge on any atom is 0.258 e. The fourth-order valence-corrected chi connectivity index (χ4v) is 4.68. The first kappa shape index (κ1) is 25.2. The first-order valence-corrected chi connectivity index (χ1v) is 12.5. The van der Waals surface area contributed by atoms with Crippen LogP contribution in [0.25, 0.3) is 0 Å².